The van der Waals surface area contributed by atoms with E-state index in [0.717, 1.165) is 4.47 Å². The molecule has 5 nitrogen and oxygen atoms in total. The zero-order valence-corrected chi connectivity index (χ0v) is 10.7. The summed E-state index contributed by atoms with van der Waals surface area (Å²) in [6.07, 6.45) is 0. The minimum Gasteiger partial charge on any atom is -0.370 e. The molecule has 0 saturated carbocycles. The minimum atomic E-state index is -0.524. The summed E-state index contributed by atoms with van der Waals surface area (Å²) >= 11 is 3.29. The molecule has 6 heteroatoms. The van der Waals surface area contributed by atoms with Gasteiger partial charge in [-0.05, 0) is 24.3 Å². The molecule has 1 rings (SSSR count). The number of benzene rings is 1. The Bertz CT molecular complexity index is 392. The molecule has 0 aromatic heterocycles. The SMILES string of the molecule is NC(=O)COCCNC(=O)c1ccc(Br)cc1. The van der Waals surface area contributed by atoms with Crippen LogP contribution in [0.5, 0.6) is 0 Å². The largest absolute Gasteiger partial charge is 0.370 e. The van der Waals surface area contributed by atoms with Gasteiger partial charge in [0.25, 0.3) is 5.91 Å². The fourth-order valence-corrected chi connectivity index (χ4v) is 1.38. The van der Waals surface area contributed by atoms with Gasteiger partial charge < -0.3 is 15.8 Å². The maximum atomic E-state index is 11.6. The fourth-order valence-electron chi connectivity index (χ4n) is 1.11. The summed E-state index contributed by atoms with van der Waals surface area (Å²) in [5.41, 5.74) is 5.46. The summed E-state index contributed by atoms with van der Waals surface area (Å²) in [5.74, 6) is -0.704. The molecule has 0 spiro atoms. The van der Waals surface area contributed by atoms with Gasteiger partial charge in [-0.3, -0.25) is 9.59 Å². The molecule has 3 N–H and O–H groups in total. The van der Waals surface area contributed by atoms with Crippen LogP contribution in [-0.4, -0.2) is 31.6 Å². The number of hydrogen-bond acceptors (Lipinski definition) is 3. The van der Waals surface area contributed by atoms with E-state index in [4.69, 9.17) is 10.5 Å². The van der Waals surface area contributed by atoms with Crippen molar-refractivity contribution < 1.29 is 14.3 Å². The summed E-state index contributed by atoms with van der Waals surface area (Å²) in [4.78, 5) is 21.9. The zero-order chi connectivity index (χ0) is 12.7. The predicted molar refractivity (Wildman–Crippen MR) is 66.5 cm³/mol. The molecule has 1 aromatic rings. The lowest BCUT2D eigenvalue weighted by molar-refractivity contribution is -0.122. The Morgan fingerprint density at radius 1 is 1.29 bits per heavy atom. The highest BCUT2D eigenvalue weighted by Crippen LogP contribution is 2.10. The number of ether oxygens (including phenoxy) is 1. The van der Waals surface area contributed by atoms with Crippen molar-refractivity contribution in [2.45, 2.75) is 0 Å². The van der Waals surface area contributed by atoms with Crippen LogP contribution in [0, 0.1) is 0 Å². The summed E-state index contributed by atoms with van der Waals surface area (Å²) < 4.78 is 5.82. The van der Waals surface area contributed by atoms with Gasteiger partial charge in [0, 0.05) is 16.6 Å². The highest BCUT2D eigenvalue weighted by Gasteiger charge is 2.03. The standard InChI is InChI=1S/C11H13BrN2O3/c12-9-3-1-8(2-4-9)11(16)14-5-6-17-7-10(13)15/h1-4H,5-7H2,(H2,13,15)(H,14,16). The lowest BCUT2D eigenvalue weighted by Crippen LogP contribution is -2.28. The third-order valence-corrected chi connectivity index (χ3v) is 2.41. The monoisotopic (exact) mass is 300 g/mol. The van der Waals surface area contributed by atoms with E-state index >= 15 is 0 Å². The van der Waals surface area contributed by atoms with Gasteiger partial charge in [0.1, 0.15) is 6.61 Å². The summed E-state index contributed by atoms with van der Waals surface area (Å²) in [5, 5.41) is 2.66. The number of nitrogens with two attached hydrogens (primary N) is 1. The maximum absolute atomic E-state index is 11.6. The van der Waals surface area contributed by atoms with Crippen LogP contribution in [0.15, 0.2) is 28.7 Å². The molecule has 0 aliphatic rings. The Balaban J connectivity index is 2.25. The molecular weight excluding hydrogens is 288 g/mol. The molecule has 92 valence electrons. The van der Waals surface area contributed by atoms with Gasteiger partial charge in [-0.25, -0.2) is 0 Å². The van der Waals surface area contributed by atoms with Crippen molar-refractivity contribution in [3.05, 3.63) is 34.3 Å². The van der Waals surface area contributed by atoms with E-state index in [-0.39, 0.29) is 19.1 Å². The van der Waals surface area contributed by atoms with Crippen LogP contribution in [0.1, 0.15) is 10.4 Å². The molecule has 0 heterocycles. The Morgan fingerprint density at radius 2 is 1.94 bits per heavy atom. The van der Waals surface area contributed by atoms with Gasteiger partial charge in [-0.15, -0.1) is 0 Å². The first kappa shape index (κ1) is 13.7. The van der Waals surface area contributed by atoms with Crippen molar-refractivity contribution in [2.24, 2.45) is 5.73 Å². The molecule has 0 bridgehead atoms. The predicted octanol–water partition coefficient (Wildman–Crippen LogP) is 0.681. The Labute approximate surface area is 107 Å². The first-order valence-corrected chi connectivity index (χ1v) is 5.78. The second-order valence-corrected chi connectivity index (χ2v) is 4.20. The van der Waals surface area contributed by atoms with Crippen molar-refractivity contribution in [3.8, 4) is 0 Å². The number of nitrogens with one attached hydrogen (secondary N) is 1. The van der Waals surface area contributed by atoms with E-state index in [0.29, 0.717) is 12.1 Å². The number of primary amides is 1. The minimum absolute atomic E-state index is 0.131. The molecule has 0 aliphatic carbocycles. The summed E-state index contributed by atoms with van der Waals surface area (Å²) in [6, 6.07) is 7.00. The van der Waals surface area contributed by atoms with E-state index in [2.05, 4.69) is 21.2 Å². The van der Waals surface area contributed by atoms with Gasteiger partial charge in [0.2, 0.25) is 5.91 Å². The lowest BCUT2D eigenvalue weighted by Gasteiger charge is -2.05. The number of carbonyl (C=O) groups excluding carboxylic acids is 2. The lowest BCUT2D eigenvalue weighted by atomic mass is 10.2. The summed E-state index contributed by atoms with van der Waals surface area (Å²) in [7, 11) is 0. The van der Waals surface area contributed by atoms with E-state index < -0.39 is 5.91 Å². The molecule has 0 aliphatic heterocycles. The fraction of sp³-hybridized carbons (Fsp3) is 0.273. The second-order valence-electron chi connectivity index (χ2n) is 3.28. The summed E-state index contributed by atoms with van der Waals surface area (Å²) in [6.45, 7) is 0.460. The van der Waals surface area contributed by atoms with Crippen LogP contribution in [0.2, 0.25) is 0 Å². The molecule has 0 saturated heterocycles. The molecule has 1 aromatic carbocycles. The molecule has 2 amide bonds. The van der Waals surface area contributed by atoms with Crippen LogP contribution in [-0.2, 0) is 9.53 Å². The van der Waals surface area contributed by atoms with Crippen LogP contribution >= 0.6 is 15.9 Å². The van der Waals surface area contributed by atoms with Crippen LogP contribution in [0.3, 0.4) is 0 Å². The molecule has 0 unspecified atom stereocenters. The highest BCUT2D eigenvalue weighted by atomic mass is 79.9. The maximum Gasteiger partial charge on any atom is 0.251 e. The van der Waals surface area contributed by atoms with E-state index in [1.54, 1.807) is 24.3 Å². The number of amides is 2. The van der Waals surface area contributed by atoms with Crippen molar-refractivity contribution >= 4 is 27.7 Å². The Kier molecular flexibility index (Phi) is 5.65. The van der Waals surface area contributed by atoms with Crippen LogP contribution < -0.4 is 11.1 Å². The molecular formula is C11H13BrN2O3. The smallest absolute Gasteiger partial charge is 0.251 e. The van der Waals surface area contributed by atoms with E-state index in [1.807, 2.05) is 0 Å². The van der Waals surface area contributed by atoms with Crippen molar-refractivity contribution in [1.82, 2.24) is 5.32 Å². The van der Waals surface area contributed by atoms with Gasteiger partial charge in [-0.1, -0.05) is 15.9 Å². The molecule has 0 fully saturated rings. The first-order valence-electron chi connectivity index (χ1n) is 4.99. The van der Waals surface area contributed by atoms with Crippen molar-refractivity contribution in [3.63, 3.8) is 0 Å². The van der Waals surface area contributed by atoms with Gasteiger partial charge in [-0.2, -0.15) is 0 Å². The number of rotatable bonds is 6. The number of hydrogen-bond donors (Lipinski definition) is 2. The van der Waals surface area contributed by atoms with Gasteiger partial charge >= 0.3 is 0 Å². The molecule has 17 heavy (non-hydrogen) atoms. The first-order chi connectivity index (χ1) is 8.09. The Hall–Kier alpha value is -1.40. The highest BCUT2D eigenvalue weighted by molar-refractivity contribution is 9.10. The zero-order valence-electron chi connectivity index (χ0n) is 9.11. The van der Waals surface area contributed by atoms with Crippen molar-refractivity contribution in [1.29, 1.82) is 0 Å². The van der Waals surface area contributed by atoms with Gasteiger partial charge in [0.15, 0.2) is 0 Å². The number of carbonyl (C=O) groups is 2. The molecule has 0 radical (unpaired) electrons. The van der Waals surface area contributed by atoms with Crippen LogP contribution in [0.25, 0.3) is 0 Å². The van der Waals surface area contributed by atoms with E-state index in [9.17, 15) is 9.59 Å². The normalized spacial score (nSPS) is 9.94. The Morgan fingerprint density at radius 3 is 2.53 bits per heavy atom. The number of halogens is 1. The van der Waals surface area contributed by atoms with E-state index in [1.165, 1.54) is 0 Å². The third-order valence-electron chi connectivity index (χ3n) is 1.88. The topological polar surface area (TPSA) is 81.4 Å². The quantitative estimate of drug-likeness (QED) is 0.758. The third kappa shape index (κ3) is 5.46. The average molecular weight is 301 g/mol. The second kappa shape index (κ2) is 7.03. The van der Waals surface area contributed by atoms with Crippen molar-refractivity contribution in [2.75, 3.05) is 19.8 Å². The average Bonchev–Trinajstić information content (AvgIpc) is 2.29. The van der Waals surface area contributed by atoms with Gasteiger partial charge in [0.05, 0.1) is 6.61 Å². The molecule has 0 atom stereocenters. The van der Waals surface area contributed by atoms with Crippen LogP contribution in [0.4, 0.5) is 0 Å².